The Hall–Kier alpha value is -4.32. The Morgan fingerprint density at radius 3 is 2.56 bits per heavy atom. The summed E-state index contributed by atoms with van der Waals surface area (Å²) in [6, 6.07) is 12.0. The molecule has 0 spiro atoms. The van der Waals surface area contributed by atoms with Crippen molar-refractivity contribution in [3.05, 3.63) is 62.8 Å². The molecule has 214 valence electrons. The molecule has 1 saturated heterocycles. The maximum Gasteiger partial charge on any atom is 0.409 e. The highest BCUT2D eigenvalue weighted by molar-refractivity contribution is 5.68. The fourth-order valence-corrected chi connectivity index (χ4v) is 5.57. The molecule has 3 aliphatic heterocycles. The smallest absolute Gasteiger partial charge is 0.409 e. The van der Waals surface area contributed by atoms with Crippen LogP contribution in [0.3, 0.4) is 0 Å². The third-order valence-corrected chi connectivity index (χ3v) is 7.89. The number of ether oxygens (including phenoxy) is 1. The third-order valence-electron chi connectivity index (χ3n) is 7.89. The van der Waals surface area contributed by atoms with Crippen LogP contribution < -0.4 is 16.6 Å². The van der Waals surface area contributed by atoms with Crippen LogP contribution in [0.15, 0.2) is 50.4 Å². The van der Waals surface area contributed by atoms with Gasteiger partial charge in [-0.3, -0.25) is 9.36 Å². The molecule has 2 aromatic rings. The average Bonchev–Trinajstić information content (AvgIpc) is 3.77. The van der Waals surface area contributed by atoms with E-state index in [1.54, 1.807) is 15.6 Å². The topological polar surface area (TPSA) is 137 Å². The summed E-state index contributed by atoms with van der Waals surface area (Å²) in [7, 11) is 1.40. The second-order valence-corrected chi connectivity index (χ2v) is 10.6. The van der Waals surface area contributed by atoms with Crippen molar-refractivity contribution in [2.75, 3.05) is 19.7 Å². The molecule has 2 fully saturated rings. The molecule has 4 heterocycles. The molecule has 1 aromatic heterocycles. The van der Waals surface area contributed by atoms with Gasteiger partial charge in [-0.15, -0.1) is 5.10 Å². The minimum absolute atomic E-state index is 0.0475. The van der Waals surface area contributed by atoms with Crippen LogP contribution in [-0.2, 0) is 18.3 Å². The normalized spacial score (nSPS) is 17.5. The number of hydrogen-bond donors (Lipinski definition) is 1. The third kappa shape index (κ3) is 5.39. The number of carbonyl (C=O) groups excluding carboxylic acids is 1. The summed E-state index contributed by atoms with van der Waals surface area (Å²) in [5.41, 5.74) is 0.995. The molecule has 0 bridgehead atoms. The van der Waals surface area contributed by atoms with Gasteiger partial charge in [0.2, 0.25) is 5.82 Å². The number of fused-ring (bicyclic) bond motifs is 1. The highest BCUT2D eigenvalue weighted by Crippen LogP contribution is 2.33. The fourth-order valence-electron chi connectivity index (χ4n) is 5.57. The van der Waals surface area contributed by atoms with E-state index in [9.17, 15) is 14.4 Å². The van der Waals surface area contributed by atoms with E-state index in [1.807, 2.05) is 37.3 Å². The molecule has 12 heteroatoms. The van der Waals surface area contributed by atoms with Crippen LogP contribution in [0.5, 0.6) is 0 Å². The minimum Gasteiger partial charge on any atom is -0.453 e. The number of aromatic nitrogens is 5. The van der Waals surface area contributed by atoms with Crippen LogP contribution in [0.2, 0.25) is 0 Å². The van der Waals surface area contributed by atoms with Crippen LogP contribution in [0, 0.1) is 0 Å². The van der Waals surface area contributed by atoms with Crippen molar-refractivity contribution in [1.29, 1.82) is 0 Å². The molecule has 0 radical (unpaired) electrons. The maximum absolute atomic E-state index is 12.9. The Labute approximate surface area is 236 Å². The Morgan fingerprint density at radius 2 is 1.80 bits per heavy atom. The van der Waals surface area contributed by atoms with Gasteiger partial charge in [-0.25, -0.2) is 19.3 Å². The highest BCUT2D eigenvalue weighted by atomic mass is 16.6. The van der Waals surface area contributed by atoms with Crippen LogP contribution in [0.25, 0.3) is 34.4 Å². The zero-order chi connectivity index (χ0) is 28.5. The first-order chi connectivity index (χ1) is 19.9. The Kier molecular flexibility index (Phi) is 7.39. The molecule has 1 saturated carbocycles. The van der Waals surface area contributed by atoms with Crippen LogP contribution in [0.4, 0.5) is 4.79 Å². The molecule has 41 heavy (non-hydrogen) atoms. The summed E-state index contributed by atoms with van der Waals surface area (Å²) >= 11 is 0. The summed E-state index contributed by atoms with van der Waals surface area (Å²) in [5.74, 6) is 1.58. The summed E-state index contributed by atoms with van der Waals surface area (Å²) in [6.07, 6.45) is 4.54. The summed E-state index contributed by atoms with van der Waals surface area (Å²) < 4.78 is 13.9. The molecule has 1 N–H and O–H groups in total. The van der Waals surface area contributed by atoms with E-state index in [0.717, 1.165) is 47.8 Å². The SMILES string of the molecule is CCOC(=O)N1CCC(NCc2ccc(-c3ccc(-c4nc5c(=O)n(C)c(=O)nc-5n(C5CCCC5)n4)o3)cc2)C1. The van der Waals surface area contributed by atoms with E-state index in [-0.39, 0.29) is 35.5 Å². The number of likely N-dealkylation sites (tertiary alicyclic amines) is 1. The number of nitrogens with zero attached hydrogens (tertiary/aromatic N) is 6. The van der Waals surface area contributed by atoms with Crippen molar-refractivity contribution in [2.24, 2.45) is 7.05 Å². The monoisotopic (exact) mass is 559 g/mol. The molecule has 1 unspecified atom stereocenters. The highest BCUT2D eigenvalue weighted by Gasteiger charge is 2.28. The van der Waals surface area contributed by atoms with E-state index in [2.05, 4.69) is 15.3 Å². The molecule has 1 amide bonds. The minimum atomic E-state index is -0.619. The van der Waals surface area contributed by atoms with Crippen LogP contribution in [0.1, 0.15) is 50.6 Å². The van der Waals surface area contributed by atoms with E-state index < -0.39 is 11.2 Å². The van der Waals surface area contributed by atoms with E-state index in [1.165, 1.54) is 7.05 Å². The Balaban J connectivity index is 1.19. The number of furan rings is 1. The second-order valence-electron chi connectivity index (χ2n) is 10.6. The van der Waals surface area contributed by atoms with Crippen LogP contribution >= 0.6 is 0 Å². The molecule has 12 nitrogen and oxygen atoms in total. The molecule has 4 aliphatic rings. The molecule has 1 atom stereocenters. The first-order valence-electron chi connectivity index (χ1n) is 14.1. The summed E-state index contributed by atoms with van der Waals surface area (Å²) in [5, 5.41) is 8.22. The lowest BCUT2D eigenvalue weighted by Crippen LogP contribution is -2.37. The van der Waals surface area contributed by atoms with Gasteiger partial charge in [-0.1, -0.05) is 37.1 Å². The predicted octanol–water partition coefficient (Wildman–Crippen LogP) is 3.20. The molecular formula is C29H33N7O5. The van der Waals surface area contributed by atoms with Gasteiger partial charge in [0.1, 0.15) is 5.76 Å². The summed E-state index contributed by atoms with van der Waals surface area (Å²) in [4.78, 5) is 47.5. The zero-order valence-electron chi connectivity index (χ0n) is 23.2. The van der Waals surface area contributed by atoms with E-state index in [4.69, 9.17) is 14.3 Å². The van der Waals surface area contributed by atoms with Gasteiger partial charge >= 0.3 is 11.8 Å². The van der Waals surface area contributed by atoms with E-state index >= 15 is 0 Å². The quantitative estimate of drug-likeness (QED) is 0.362. The first kappa shape index (κ1) is 26.9. The van der Waals surface area contributed by atoms with Crippen molar-refractivity contribution < 1.29 is 13.9 Å². The van der Waals surface area contributed by atoms with Gasteiger partial charge < -0.3 is 19.4 Å². The van der Waals surface area contributed by atoms with Gasteiger partial charge in [-0.05, 0) is 43.9 Å². The number of nitrogens with one attached hydrogen (secondary N) is 1. The zero-order valence-corrected chi connectivity index (χ0v) is 23.2. The number of hydrogen-bond acceptors (Lipinski definition) is 9. The standard InChI is InChI=1S/C29H33N7O5/c1-3-40-29(39)35-15-14-20(17-35)30-16-18-8-10-19(11-9-18)22-12-13-23(41-22)25-31-24-26(32-28(38)34(2)27(24)37)36(33-25)21-6-4-5-7-21/h8-13,20-21,30H,3-7,14-17H2,1-2H3. The van der Waals surface area contributed by atoms with Crippen LogP contribution in [-0.4, -0.2) is 61.0 Å². The predicted molar refractivity (Wildman–Crippen MR) is 150 cm³/mol. The largest absolute Gasteiger partial charge is 0.453 e. The van der Waals surface area contributed by atoms with Gasteiger partial charge in [0.05, 0.1) is 12.6 Å². The van der Waals surface area contributed by atoms with Crippen molar-refractivity contribution in [2.45, 2.75) is 57.7 Å². The molecule has 6 rings (SSSR count). The van der Waals surface area contributed by atoms with Crippen molar-refractivity contribution in [3.63, 3.8) is 0 Å². The molecule has 1 aliphatic carbocycles. The molecule has 1 aromatic carbocycles. The van der Waals surface area contributed by atoms with Crippen molar-refractivity contribution in [3.8, 4) is 34.4 Å². The number of carbonyl (C=O) groups is 1. The summed E-state index contributed by atoms with van der Waals surface area (Å²) in [6.45, 7) is 4.22. The lowest BCUT2D eigenvalue weighted by molar-refractivity contribution is 0.115. The average molecular weight is 560 g/mol. The van der Waals surface area contributed by atoms with E-state index in [0.29, 0.717) is 37.8 Å². The van der Waals surface area contributed by atoms with Gasteiger partial charge in [0.15, 0.2) is 17.3 Å². The number of rotatable bonds is 7. The Morgan fingerprint density at radius 1 is 1.05 bits per heavy atom. The fraction of sp³-hybridized carbons (Fsp3) is 0.448. The molecular weight excluding hydrogens is 526 g/mol. The van der Waals surface area contributed by atoms with Crippen molar-refractivity contribution >= 4 is 6.09 Å². The van der Waals surface area contributed by atoms with Gasteiger partial charge in [-0.2, -0.15) is 4.98 Å². The lowest BCUT2D eigenvalue weighted by atomic mass is 10.1. The maximum atomic E-state index is 12.9. The van der Waals surface area contributed by atoms with Gasteiger partial charge in [0.25, 0.3) is 5.56 Å². The number of amides is 1. The number of benzene rings is 1. The Bertz CT molecular complexity index is 1630. The second kappa shape index (κ2) is 11.3. The lowest BCUT2D eigenvalue weighted by Gasteiger charge is -2.18. The van der Waals surface area contributed by atoms with Gasteiger partial charge in [0, 0.05) is 38.3 Å². The van der Waals surface area contributed by atoms with Crippen molar-refractivity contribution in [1.82, 2.24) is 34.5 Å². The first-order valence-corrected chi connectivity index (χ1v) is 14.1.